The van der Waals surface area contributed by atoms with Crippen molar-refractivity contribution in [2.75, 3.05) is 20.8 Å². The van der Waals surface area contributed by atoms with Gasteiger partial charge in [0.2, 0.25) is 10.0 Å². The molecule has 2 N–H and O–H groups in total. The van der Waals surface area contributed by atoms with Gasteiger partial charge in [0, 0.05) is 23.7 Å². The first-order chi connectivity index (χ1) is 12.7. The third-order valence-corrected chi connectivity index (χ3v) is 5.24. The van der Waals surface area contributed by atoms with Gasteiger partial charge in [-0.3, -0.25) is 14.5 Å². The Morgan fingerprint density at radius 1 is 1.07 bits per heavy atom. The highest BCUT2D eigenvalue weighted by Crippen LogP contribution is 2.27. The first-order valence-electron chi connectivity index (χ1n) is 7.99. The van der Waals surface area contributed by atoms with E-state index in [1.165, 1.54) is 44.6 Å². The predicted octanol–water partition coefficient (Wildman–Crippen LogP) is 1.19. The number of methoxy groups -OCH3 is 2. The molecule has 1 aliphatic rings. The van der Waals surface area contributed by atoms with Crippen molar-refractivity contribution in [2.45, 2.75) is 11.3 Å². The zero-order chi connectivity index (χ0) is 19.8. The van der Waals surface area contributed by atoms with E-state index >= 15 is 0 Å². The second kappa shape index (κ2) is 7.01. The van der Waals surface area contributed by atoms with Gasteiger partial charge in [-0.2, -0.15) is 0 Å². The number of ether oxygens (including phenoxy) is 2. The number of hydrogen-bond acceptors (Lipinski definition) is 6. The summed E-state index contributed by atoms with van der Waals surface area (Å²) in [5, 5.41) is 5.13. The van der Waals surface area contributed by atoms with Crippen molar-refractivity contribution in [2.24, 2.45) is 5.14 Å². The molecule has 0 bridgehead atoms. The van der Waals surface area contributed by atoms with Gasteiger partial charge in [0.25, 0.3) is 11.8 Å². The van der Waals surface area contributed by atoms with Gasteiger partial charge in [0.15, 0.2) is 0 Å². The molecule has 0 saturated heterocycles. The Morgan fingerprint density at radius 3 is 2.26 bits per heavy atom. The number of fused-ring (bicyclic) bond motifs is 1. The molecule has 2 aromatic carbocycles. The van der Waals surface area contributed by atoms with Crippen molar-refractivity contribution in [3.8, 4) is 11.5 Å². The van der Waals surface area contributed by atoms with Crippen LogP contribution in [0.25, 0.3) is 0 Å². The number of hydrogen-bond donors (Lipinski definition) is 1. The molecular formula is C18H18N2O6S. The number of sulfonamides is 1. The maximum Gasteiger partial charge on any atom is 0.261 e. The van der Waals surface area contributed by atoms with Crippen molar-refractivity contribution < 1.29 is 27.5 Å². The molecule has 8 nitrogen and oxygen atoms in total. The molecule has 1 aliphatic heterocycles. The number of benzene rings is 2. The lowest BCUT2D eigenvalue weighted by molar-refractivity contribution is 0.0604. The van der Waals surface area contributed by atoms with E-state index in [1.54, 1.807) is 6.07 Å². The van der Waals surface area contributed by atoms with E-state index in [1.807, 2.05) is 0 Å². The van der Waals surface area contributed by atoms with E-state index in [-0.39, 0.29) is 22.6 Å². The molecule has 0 atom stereocenters. The summed E-state index contributed by atoms with van der Waals surface area (Å²) in [7, 11) is -0.928. The van der Waals surface area contributed by atoms with Gasteiger partial charge in [-0.05, 0) is 42.3 Å². The molecule has 0 aromatic heterocycles. The fourth-order valence-corrected chi connectivity index (χ4v) is 3.49. The van der Waals surface area contributed by atoms with Gasteiger partial charge >= 0.3 is 0 Å². The Balaban J connectivity index is 1.94. The lowest BCUT2D eigenvalue weighted by Crippen LogP contribution is -2.42. The van der Waals surface area contributed by atoms with Crippen LogP contribution >= 0.6 is 0 Å². The highest BCUT2D eigenvalue weighted by molar-refractivity contribution is 7.89. The summed E-state index contributed by atoms with van der Waals surface area (Å²) in [6.07, 6.45) is 0.331. The number of amides is 2. The molecule has 0 spiro atoms. The predicted molar refractivity (Wildman–Crippen MR) is 96.4 cm³/mol. The van der Waals surface area contributed by atoms with Crippen LogP contribution in [0.5, 0.6) is 11.5 Å². The summed E-state index contributed by atoms with van der Waals surface area (Å²) < 4.78 is 33.3. The zero-order valence-corrected chi connectivity index (χ0v) is 15.6. The van der Waals surface area contributed by atoms with Crippen LogP contribution in [0.4, 0.5) is 0 Å². The molecule has 9 heteroatoms. The Labute approximate surface area is 156 Å². The second-order valence-corrected chi connectivity index (χ2v) is 7.54. The highest BCUT2D eigenvalue weighted by Gasteiger charge is 2.31. The Bertz CT molecular complexity index is 1010. The molecular weight excluding hydrogens is 372 g/mol. The monoisotopic (exact) mass is 390 g/mol. The smallest absolute Gasteiger partial charge is 0.261 e. The van der Waals surface area contributed by atoms with Crippen molar-refractivity contribution in [3.63, 3.8) is 0 Å². The minimum absolute atomic E-state index is 0.0636. The molecule has 0 fully saturated rings. The van der Waals surface area contributed by atoms with Crippen LogP contribution in [0.3, 0.4) is 0 Å². The molecule has 1 heterocycles. The fraction of sp³-hybridized carbons (Fsp3) is 0.222. The standard InChI is InChI=1S/C18H18N2O6S/c1-25-13-7-12(8-14(10-13)26-2)17(21)20-6-5-11-9-15(27(19,23)24)3-4-16(11)18(20)22/h3-4,7-10H,5-6H2,1-2H3,(H2,19,23,24). The van der Waals surface area contributed by atoms with Gasteiger partial charge in [-0.15, -0.1) is 0 Å². The molecule has 0 aliphatic carbocycles. The van der Waals surface area contributed by atoms with E-state index in [4.69, 9.17) is 14.6 Å². The fourth-order valence-electron chi connectivity index (χ4n) is 2.92. The van der Waals surface area contributed by atoms with Crippen LogP contribution in [-0.4, -0.2) is 45.9 Å². The normalized spacial score (nSPS) is 13.9. The third kappa shape index (κ3) is 3.64. The van der Waals surface area contributed by atoms with Crippen LogP contribution in [-0.2, 0) is 16.4 Å². The molecule has 2 aromatic rings. The summed E-state index contributed by atoms with van der Waals surface area (Å²) in [5.74, 6) is -0.122. The molecule has 2 amide bonds. The summed E-state index contributed by atoms with van der Waals surface area (Å²) in [5.41, 5.74) is 1.07. The van der Waals surface area contributed by atoms with E-state index < -0.39 is 21.8 Å². The van der Waals surface area contributed by atoms with Crippen LogP contribution in [0.15, 0.2) is 41.3 Å². The molecule has 3 rings (SSSR count). The summed E-state index contributed by atoms with van der Waals surface area (Å²) >= 11 is 0. The number of rotatable bonds is 4. The Morgan fingerprint density at radius 2 is 1.70 bits per heavy atom. The van der Waals surface area contributed by atoms with Crippen molar-refractivity contribution in [1.29, 1.82) is 0 Å². The van der Waals surface area contributed by atoms with Crippen LogP contribution in [0.2, 0.25) is 0 Å². The second-order valence-electron chi connectivity index (χ2n) is 5.98. The Hall–Kier alpha value is -2.91. The van der Waals surface area contributed by atoms with Crippen molar-refractivity contribution >= 4 is 21.8 Å². The van der Waals surface area contributed by atoms with E-state index in [2.05, 4.69) is 0 Å². The van der Waals surface area contributed by atoms with Crippen molar-refractivity contribution in [3.05, 3.63) is 53.1 Å². The SMILES string of the molecule is COc1cc(OC)cc(C(=O)N2CCc3cc(S(N)(=O)=O)ccc3C2=O)c1. The maximum absolute atomic E-state index is 12.9. The number of carbonyl (C=O) groups excluding carboxylic acids is 2. The minimum Gasteiger partial charge on any atom is -0.497 e. The van der Waals surface area contributed by atoms with Crippen LogP contribution < -0.4 is 14.6 Å². The summed E-state index contributed by atoms with van der Waals surface area (Å²) in [6.45, 7) is 0.123. The lowest BCUT2D eigenvalue weighted by Gasteiger charge is -2.27. The molecule has 0 unspecified atom stereocenters. The lowest BCUT2D eigenvalue weighted by atomic mass is 9.98. The number of imide groups is 1. The summed E-state index contributed by atoms with van der Waals surface area (Å²) in [6, 6.07) is 8.69. The molecule has 0 saturated carbocycles. The highest BCUT2D eigenvalue weighted by atomic mass is 32.2. The maximum atomic E-state index is 12.9. The molecule has 27 heavy (non-hydrogen) atoms. The largest absolute Gasteiger partial charge is 0.497 e. The average molecular weight is 390 g/mol. The van der Waals surface area contributed by atoms with E-state index in [0.29, 0.717) is 23.5 Å². The van der Waals surface area contributed by atoms with Crippen molar-refractivity contribution in [1.82, 2.24) is 4.90 Å². The quantitative estimate of drug-likeness (QED) is 0.784. The van der Waals surface area contributed by atoms with Gasteiger partial charge in [0.05, 0.1) is 19.1 Å². The van der Waals surface area contributed by atoms with Crippen LogP contribution in [0.1, 0.15) is 26.3 Å². The van der Waals surface area contributed by atoms with Gasteiger partial charge in [0.1, 0.15) is 11.5 Å². The summed E-state index contributed by atoms with van der Waals surface area (Å²) in [4.78, 5) is 26.7. The number of nitrogens with two attached hydrogens (primary N) is 1. The molecule has 142 valence electrons. The topological polar surface area (TPSA) is 116 Å². The molecule has 0 radical (unpaired) electrons. The van der Waals surface area contributed by atoms with Gasteiger partial charge in [-0.1, -0.05) is 0 Å². The minimum atomic E-state index is -3.86. The van der Waals surface area contributed by atoms with E-state index in [0.717, 1.165) is 4.90 Å². The third-order valence-electron chi connectivity index (χ3n) is 4.33. The Kier molecular flexibility index (Phi) is 4.90. The van der Waals surface area contributed by atoms with E-state index in [9.17, 15) is 18.0 Å². The average Bonchev–Trinajstić information content (AvgIpc) is 2.66. The number of nitrogens with zero attached hydrogens (tertiary/aromatic N) is 1. The number of primary sulfonamides is 1. The number of carbonyl (C=O) groups is 2. The first kappa shape index (κ1) is 18.9. The van der Waals surface area contributed by atoms with Crippen LogP contribution in [0, 0.1) is 0 Å². The van der Waals surface area contributed by atoms with Gasteiger partial charge < -0.3 is 9.47 Å². The zero-order valence-electron chi connectivity index (χ0n) is 14.8. The first-order valence-corrected chi connectivity index (χ1v) is 9.54. The van der Waals surface area contributed by atoms with Gasteiger partial charge in [-0.25, -0.2) is 13.6 Å².